The fourth-order valence-corrected chi connectivity index (χ4v) is 2.08. The number of carbonyl (C=O) groups excluding carboxylic acids is 2. The summed E-state index contributed by atoms with van der Waals surface area (Å²) in [6.45, 7) is 4.31. The highest BCUT2D eigenvalue weighted by Crippen LogP contribution is 2.09. The van der Waals surface area contributed by atoms with Crippen LogP contribution in [-0.4, -0.2) is 34.0 Å². The number of ether oxygens (including phenoxy) is 1. The molecule has 0 atom stereocenters. The summed E-state index contributed by atoms with van der Waals surface area (Å²) in [6, 6.07) is 0. The van der Waals surface area contributed by atoms with E-state index in [0.717, 1.165) is 6.20 Å². The zero-order chi connectivity index (χ0) is 16.9. The number of rotatable bonds is 7. The van der Waals surface area contributed by atoms with Crippen molar-refractivity contribution in [3.05, 3.63) is 32.6 Å². The lowest BCUT2D eigenvalue weighted by Crippen LogP contribution is -2.33. The molecule has 22 heavy (non-hydrogen) atoms. The molecule has 0 fully saturated rings. The predicted octanol–water partition coefficient (Wildman–Crippen LogP) is -0.0717. The van der Waals surface area contributed by atoms with Crippen LogP contribution in [-0.2, 0) is 16.1 Å². The highest BCUT2D eigenvalue weighted by atomic mass is 32.1. The van der Waals surface area contributed by atoms with Crippen LogP contribution in [0.15, 0.2) is 11.0 Å². The van der Waals surface area contributed by atoms with Gasteiger partial charge >= 0.3 is 0 Å². The van der Waals surface area contributed by atoms with Gasteiger partial charge < -0.3 is 20.8 Å². The molecule has 0 saturated carbocycles. The first-order chi connectivity index (χ1) is 10.3. The molecule has 1 aromatic heterocycles. The summed E-state index contributed by atoms with van der Waals surface area (Å²) in [7, 11) is 0. The summed E-state index contributed by atoms with van der Waals surface area (Å²) >= 11 is 5.08. The molecule has 9 heteroatoms. The van der Waals surface area contributed by atoms with Gasteiger partial charge in [0.05, 0.1) is 18.4 Å². The number of hydrogen-bond donors (Lipinski definition) is 3. The average molecular weight is 326 g/mol. The normalized spacial score (nSPS) is 11.2. The van der Waals surface area contributed by atoms with Gasteiger partial charge in [0.1, 0.15) is 5.56 Å². The minimum Gasteiger partial charge on any atom is -0.405 e. The van der Waals surface area contributed by atoms with Crippen LogP contribution in [0.4, 0.5) is 0 Å². The van der Waals surface area contributed by atoms with Crippen molar-refractivity contribution in [3.8, 4) is 0 Å². The van der Waals surface area contributed by atoms with Gasteiger partial charge in [-0.25, -0.2) is 0 Å². The van der Waals surface area contributed by atoms with Crippen molar-refractivity contribution in [2.24, 2.45) is 11.5 Å². The molecule has 1 aromatic rings. The molecule has 5 N–H and O–H groups in total. The second kappa shape index (κ2) is 7.66. The van der Waals surface area contributed by atoms with E-state index in [1.165, 1.54) is 10.6 Å². The second-order valence-corrected chi connectivity index (χ2v) is 5.03. The Morgan fingerprint density at radius 3 is 2.59 bits per heavy atom. The van der Waals surface area contributed by atoms with E-state index in [1.807, 2.05) is 13.8 Å². The van der Waals surface area contributed by atoms with Crippen LogP contribution in [0, 0.1) is 4.77 Å². The van der Waals surface area contributed by atoms with Crippen molar-refractivity contribution in [2.75, 3.05) is 6.61 Å². The molecule has 8 nitrogen and oxygen atoms in total. The highest BCUT2D eigenvalue weighted by molar-refractivity contribution is 7.71. The van der Waals surface area contributed by atoms with E-state index in [2.05, 4.69) is 4.98 Å². The third-order valence-corrected chi connectivity index (χ3v) is 3.03. The summed E-state index contributed by atoms with van der Waals surface area (Å²) in [4.78, 5) is 37.3. The van der Waals surface area contributed by atoms with Gasteiger partial charge in [-0.2, -0.15) is 0 Å². The lowest BCUT2D eigenvalue weighted by atomic mass is 10.1. The monoisotopic (exact) mass is 326 g/mol. The number of aromatic amines is 1. The highest BCUT2D eigenvalue weighted by Gasteiger charge is 2.22. The molecule has 1 heterocycles. The van der Waals surface area contributed by atoms with E-state index in [9.17, 15) is 14.4 Å². The van der Waals surface area contributed by atoms with Gasteiger partial charge in [0.15, 0.2) is 4.77 Å². The summed E-state index contributed by atoms with van der Waals surface area (Å²) in [6.07, 6.45) is 2.47. The maximum atomic E-state index is 11.9. The molecular weight excluding hydrogens is 308 g/mol. The minimum absolute atomic E-state index is 0.0113. The number of carbonyl (C=O) groups is 2. The first kappa shape index (κ1) is 17.8. The van der Waals surface area contributed by atoms with Crippen LogP contribution in [0.5, 0.6) is 0 Å². The molecule has 0 aliphatic carbocycles. The van der Waals surface area contributed by atoms with Gasteiger partial charge in [-0.15, -0.1) is 0 Å². The first-order valence-electron chi connectivity index (χ1n) is 6.50. The molecule has 0 aromatic carbocycles. The number of Topliss-reactive ketones (excluding diaryl/α,β-unsaturated/α-hetero) is 1. The smallest absolute Gasteiger partial charge is 0.290 e. The number of hydrogen-bond acceptors (Lipinski definition) is 6. The summed E-state index contributed by atoms with van der Waals surface area (Å²) in [5.41, 5.74) is 9.26. The molecule has 0 aliphatic rings. The van der Waals surface area contributed by atoms with E-state index in [0.29, 0.717) is 6.61 Å². The van der Waals surface area contributed by atoms with E-state index in [-0.39, 0.29) is 23.1 Å². The zero-order valence-electron chi connectivity index (χ0n) is 12.3. The summed E-state index contributed by atoms with van der Waals surface area (Å²) < 4.78 is 6.97. The van der Waals surface area contributed by atoms with Crippen molar-refractivity contribution >= 4 is 30.0 Å². The van der Waals surface area contributed by atoms with Gasteiger partial charge in [0, 0.05) is 6.54 Å². The third-order valence-electron chi connectivity index (χ3n) is 2.71. The Balaban J connectivity index is 3.46. The average Bonchev–Trinajstić information content (AvgIpc) is 2.41. The van der Waals surface area contributed by atoms with Crippen LogP contribution >= 0.6 is 12.2 Å². The minimum atomic E-state index is -1.24. The van der Waals surface area contributed by atoms with Crippen LogP contribution < -0.4 is 17.0 Å². The van der Waals surface area contributed by atoms with Gasteiger partial charge in [0.2, 0.25) is 0 Å². The van der Waals surface area contributed by atoms with Gasteiger partial charge in [-0.05, 0) is 38.3 Å². The summed E-state index contributed by atoms with van der Waals surface area (Å²) in [5.74, 6) is -2.35. The van der Waals surface area contributed by atoms with E-state index in [4.69, 9.17) is 28.4 Å². The second-order valence-electron chi connectivity index (χ2n) is 4.64. The van der Waals surface area contributed by atoms with Gasteiger partial charge in [-0.3, -0.25) is 19.4 Å². The largest absolute Gasteiger partial charge is 0.405 e. The quantitative estimate of drug-likeness (QED) is 0.365. The third kappa shape index (κ3) is 4.12. The Hall–Kier alpha value is -2.26. The number of primary amides is 1. The van der Waals surface area contributed by atoms with Crippen LogP contribution in [0.2, 0.25) is 0 Å². The number of amides is 1. The summed E-state index contributed by atoms with van der Waals surface area (Å²) in [5, 5.41) is 0. The van der Waals surface area contributed by atoms with Crippen molar-refractivity contribution in [3.63, 3.8) is 0 Å². The van der Waals surface area contributed by atoms with Crippen LogP contribution in [0.25, 0.3) is 6.08 Å². The Bertz CT molecular complexity index is 718. The van der Waals surface area contributed by atoms with Crippen molar-refractivity contribution < 1.29 is 14.3 Å². The Morgan fingerprint density at radius 2 is 2.09 bits per heavy atom. The van der Waals surface area contributed by atoms with Crippen molar-refractivity contribution in [2.45, 2.75) is 26.5 Å². The van der Waals surface area contributed by atoms with Crippen molar-refractivity contribution in [1.29, 1.82) is 0 Å². The Kier molecular flexibility index (Phi) is 6.20. The van der Waals surface area contributed by atoms with Gasteiger partial charge in [-0.1, -0.05) is 0 Å². The first-order valence-corrected chi connectivity index (χ1v) is 6.91. The SMILES string of the molecule is CC(C)OCCn1c(/C=C\N)c(C(=O)C(N)=O)c(=O)[nH]c1=S. The maximum absolute atomic E-state index is 11.9. The number of ketones is 1. The van der Waals surface area contributed by atoms with E-state index < -0.39 is 22.8 Å². The number of aromatic nitrogens is 2. The molecule has 0 aliphatic heterocycles. The molecule has 0 bridgehead atoms. The molecule has 0 spiro atoms. The number of H-pyrrole nitrogens is 1. The predicted molar refractivity (Wildman–Crippen MR) is 83.7 cm³/mol. The number of nitrogens with zero attached hydrogens (tertiary/aromatic N) is 1. The fourth-order valence-electron chi connectivity index (χ4n) is 1.80. The molecule has 1 rings (SSSR count). The molecule has 0 saturated heterocycles. The topological polar surface area (TPSA) is 133 Å². The molecule has 0 radical (unpaired) electrons. The lowest BCUT2D eigenvalue weighted by molar-refractivity contribution is -0.114. The standard InChI is InChI=1S/C13H18N4O4S/c1-7(2)21-6-5-17-8(3-4-14)9(10(18)11(15)19)12(20)16-13(17)22/h3-4,7H,5-6,14H2,1-2H3,(H2,15,19)(H,16,20,22)/b4-3-. The molecule has 0 unspecified atom stereocenters. The van der Waals surface area contributed by atoms with Crippen molar-refractivity contribution in [1.82, 2.24) is 9.55 Å². The Labute approximate surface area is 131 Å². The van der Waals surface area contributed by atoms with Crippen LogP contribution in [0.1, 0.15) is 29.9 Å². The molecule has 1 amide bonds. The molecular formula is C13H18N4O4S. The lowest BCUT2D eigenvalue weighted by Gasteiger charge is -2.15. The maximum Gasteiger partial charge on any atom is 0.290 e. The Morgan fingerprint density at radius 1 is 1.45 bits per heavy atom. The van der Waals surface area contributed by atoms with Crippen LogP contribution in [0.3, 0.4) is 0 Å². The van der Waals surface area contributed by atoms with Gasteiger partial charge in [0.25, 0.3) is 17.2 Å². The fraction of sp³-hybridized carbons (Fsp3) is 0.385. The number of nitrogens with one attached hydrogen (secondary N) is 1. The molecule has 120 valence electrons. The zero-order valence-corrected chi connectivity index (χ0v) is 13.1. The van der Waals surface area contributed by atoms with E-state index in [1.54, 1.807) is 0 Å². The number of nitrogens with two attached hydrogens (primary N) is 2. The van der Waals surface area contributed by atoms with E-state index >= 15 is 0 Å².